The van der Waals surface area contributed by atoms with E-state index >= 15 is 0 Å². The predicted octanol–water partition coefficient (Wildman–Crippen LogP) is 5.73. The smallest absolute Gasteiger partial charge is 0.290 e. The minimum absolute atomic E-state index is 0.0112. The number of likely N-dealkylation sites (tertiary alicyclic amines) is 1. The lowest BCUT2D eigenvalue weighted by Gasteiger charge is -2.37. The molecule has 1 aromatic carbocycles. The Balaban J connectivity index is 1.62. The van der Waals surface area contributed by atoms with Crippen LogP contribution >= 0.6 is 0 Å². The van der Waals surface area contributed by atoms with Crippen LogP contribution in [0.3, 0.4) is 0 Å². The van der Waals surface area contributed by atoms with Crippen LogP contribution in [0.4, 0.5) is 0 Å². The van der Waals surface area contributed by atoms with Crippen molar-refractivity contribution in [2.24, 2.45) is 5.41 Å². The van der Waals surface area contributed by atoms with Crippen molar-refractivity contribution in [1.82, 2.24) is 15.2 Å². The third-order valence-electron chi connectivity index (χ3n) is 6.71. The van der Waals surface area contributed by atoms with E-state index in [2.05, 4.69) is 16.4 Å². The molecule has 0 bridgehead atoms. The van der Waals surface area contributed by atoms with Crippen molar-refractivity contribution < 1.29 is 14.0 Å². The first-order valence-electron chi connectivity index (χ1n) is 12.2. The molecule has 4 rings (SSSR count). The molecule has 1 aliphatic heterocycles. The van der Waals surface area contributed by atoms with Gasteiger partial charge >= 0.3 is 0 Å². The lowest BCUT2D eigenvalue weighted by molar-refractivity contribution is -0.129. The third-order valence-corrected chi connectivity index (χ3v) is 6.71. The highest BCUT2D eigenvalue weighted by molar-refractivity contribution is 5.99. The molecule has 0 spiro atoms. The summed E-state index contributed by atoms with van der Waals surface area (Å²) in [6, 6.07) is 11.5. The van der Waals surface area contributed by atoms with Gasteiger partial charge in [0.2, 0.25) is 5.91 Å². The fourth-order valence-electron chi connectivity index (χ4n) is 4.66. The number of hydrogen-bond donors (Lipinski definition) is 1. The molecule has 1 N–H and O–H groups in total. The SMILES string of the molecule is Cc1ccc2oc(C(=O)N3CCCC[C@H]3C[C@H](NC(=O)C(C)(C)C)c3ccccn3)c(C)c2c1. The molecule has 1 fully saturated rings. The maximum absolute atomic E-state index is 13.7. The van der Waals surface area contributed by atoms with E-state index in [9.17, 15) is 9.59 Å². The first-order chi connectivity index (χ1) is 16.1. The Kier molecular flexibility index (Phi) is 6.78. The summed E-state index contributed by atoms with van der Waals surface area (Å²) in [6.45, 7) is 10.4. The molecule has 6 heteroatoms. The van der Waals surface area contributed by atoms with E-state index in [0.717, 1.165) is 47.1 Å². The summed E-state index contributed by atoms with van der Waals surface area (Å²) >= 11 is 0. The Labute approximate surface area is 201 Å². The second-order valence-corrected chi connectivity index (χ2v) is 10.5. The van der Waals surface area contributed by atoms with E-state index in [0.29, 0.717) is 18.7 Å². The van der Waals surface area contributed by atoms with Crippen molar-refractivity contribution in [3.63, 3.8) is 0 Å². The van der Waals surface area contributed by atoms with Gasteiger partial charge in [0.1, 0.15) is 5.58 Å². The van der Waals surface area contributed by atoms with Crippen LogP contribution in [0.2, 0.25) is 0 Å². The molecule has 1 saturated heterocycles. The van der Waals surface area contributed by atoms with E-state index in [-0.39, 0.29) is 23.9 Å². The van der Waals surface area contributed by atoms with E-state index in [1.54, 1.807) is 6.20 Å². The van der Waals surface area contributed by atoms with Crippen LogP contribution in [-0.2, 0) is 4.79 Å². The number of aromatic nitrogens is 1. The quantitative estimate of drug-likeness (QED) is 0.526. The number of nitrogens with zero attached hydrogens (tertiary/aromatic N) is 2. The Morgan fingerprint density at radius 1 is 1.18 bits per heavy atom. The average Bonchev–Trinajstić information content (AvgIpc) is 3.14. The zero-order valence-electron chi connectivity index (χ0n) is 20.9. The van der Waals surface area contributed by atoms with Crippen LogP contribution in [0.25, 0.3) is 11.0 Å². The molecule has 2 aromatic heterocycles. The molecule has 2 amide bonds. The highest BCUT2D eigenvalue weighted by Gasteiger charge is 2.34. The van der Waals surface area contributed by atoms with Crippen LogP contribution in [0.15, 0.2) is 47.0 Å². The van der Waals surface area contributed by atoms with Crippen molar-refractivity contribution in [3.8, 4) is 0 Å². The molecule has 2 atom stereocenters. The van der Waals surface area contributed by atoms with Gasteiger partial charge in [0, 0.05) is 35.1 Å². The molecule has 0 unspecified atom stereocenters. The number of nitrogens with one attached hydrogen (secondary N) is 1. The van der Waals surface area contributed by atoms with Gasteiger partial charge in [-0.2, -0.15) is 0 Å². The van der Waals surface area contributed by atoms with Gasteiger partial charge in [-0.3, -0.25) is 14.6 Å². The number of piperidine rings is 1. The van der Waals surface area contributed by atoms with E-state index in [4.69, 9.17) is 4.42 Å². The van der Waals surface area contributed by atoms with Gasteiger partial charge in [0.05, 0.1) is 11.7 Å². The summed E-state index contributed by atoms with van der Waals surface area (Å²) in [5.74, 6) is 0.318. The summed E-state index contributed by atoms with van der Waals surface area (Å²) in [7, 11) is 0. The fourth-order valence-corrected chi connectivity index (χ4v) is 4.66. The van der Waals surface area contributed by atoms with E-state index < -0.39 is 5.41 Å². The molecule has 3 aromatic rings. The van der Waals surface area contributed by atoms with E-state index in [1.807, 2.05) is 69.9 Å². The van der Waals surface area contributed by atoms with Gasteiger partial charge in [0.25, 0.3) is 5.91 Å². The van der Waals surface area contributed by atoms with Crippen LogP contribution in [-0.4, -0.2) is 34.3 Å². The number of aryl methyl sites for hydroxylation is 2. The van der Waals surface area contributed by atoms with Crippen LogP contribution in [0, 0.1) is 19.3 Å². The third kappa shape index (κ3) is 5.01. The first-order valence-corrected chi connectivity index (χ1v) is 12.2. The summed E-state index contributed by atoms with van der Waals surface area (Å²) in [5, 5.41) is 4.18. The number of benzene rings is 1. The standard InChI is InChI=1S/C28H35N3O3/c1-18-12-13-24-21(16-18)19(2)25(34-24)26(32)31-15-9-7-10-20(31)17-23(22-11-6-8-14-29-22)30-27(33)28(3,4)5/h6,8,11-14,16,20,23H,7,9-10,15,17H2,1-5H3,(H,30,33)/t20-,23-/m0/s1. The van der Waals surface area contributed by atoms with Crippen LogP contribution in [0.5, 0.6) is 0 Å². The maximum atomic E-state index is 13.7. The molecule has 1 aliphatic rings. The zero-order valence-corrected chi connectivity index (χ0v) is 20.9. The highest BCUT2D eigenvalue weighted by Crippen LogP contribution is 2.32. The number of carbonyl (C=O) groups is 2. The molecule has 0 aliphatic carbocycles. The van der Waals surface area contributed by atoms with E-state index in [1.165, 1.54) is 0 Å². The number of furan rings is 1. The molecule has 6 nitrogen and oxygen atoms in total. The Hall–Kier alpha value is -3.15. The maximum Gasteiger partial charge on any atom is 0.290 e. The molecule has 34 heavy (non-hydrogen) atoms. The number of hydrogen-bond acceptors (Lipinski definition) is 4. The Morgan fingerprint density at radius 3 is 2.68 bits per heavy atom. The Bertz CT molecular complexity index is 1180. The molecule has 3 heterocycles. The summed E-state index contributed by atoms with van der Waals surface area (Å²) < 4.78 is 6.04. The van der Waals surface area contributed by atoms with Gasteiger partial charge in [0.15, 0.2) is 5.76 Å². The van der Waals surface area contributed by atoms with Crippen LogP contribution < -0.4 is 5.32 Å². The fraction of sp³-hybridized carbons (Fsp3) is 0.464. The molecular weight excluding hydrogens is 426 g/mol. The predicted molar refractivity (Wildman–Crippen MR) is 134 cm³/mol. The minimum atomic E-state index is -0.515. The largest absolute Gasteiger partial charge is 0.451 e. The number of rotatable bonds is 5. The molecular formula is C28H35N3O3. The van der Waals surface area contributed by atoms with Gasteiger partial charge in [-0.15, -0.1) is 0 Å². The molecule has 0 radical (unpaired) electrons. The topological polar surface area (TPSA) is 75.4 Å². The minimum Gasteiger partial charge on any atom is -0.451 e. The summed E-state index contributed by atoms with van der Waals surface area (Å²) in [4.78, 5) is 33.0. The van der Waals surface area contributed by atoms with Crippen molar-refractivity contribution in [2.45, 2.75) is 72.4 Å². The first kappa shape index (κ1) is 24.0. The van der Waals surface area contributed by atoms with Gasteiger partial charge in [-0.05, 0) is 63.8 Å². The van der Waals surface area contributed by atoms with Crippen molar-refractivity contribution in [2.75, 3.05) is 6.54 Å². The van der Waals surface area contributed by atoms with Gasteiger partial charge < -0.3 is 14.6 Å². The number of pyridine rings is 1. The van der Waals surface area contributed by atoms with Gasteiger partial charge in [-0.25, -0.2) is 0 Å². The van der Waals surface area contributed by atoms with Gasteiger partial charge in [-0.1, -0.05) is 38.5 Å². The monoisotopic (exact) mass is 461 g/mol. The molecule has 180 valence electrons. The summed E-state index contributed by atoms with van der Waals surface area (Å²) in [6.07, 6.45) is 5.26. The number of carbonyl (C=O) groups excluding carboxylic acids is 2. The summed E-state index contributed by atoms with van der Waals surface area (Å²) in [5.41, 5.74) is 3.06. The Morgan fingerprint density at radius 2 is 1.97 bits per heavy atom. The number of fused-ring (bicyclic) bond motifs is 1. The van der Waals surface area contributed by atoms with Crippen molar-refractivity contribution in [1.29, 1.82) is 0 Å². The average molecular weight is 462 g/mol. The normalized spacial score (nSPS) is 17.6. The van der Waals surface area contributed by atoms with Crippen molar-refractivity contribution >= 4 is 22.8 Å². The zero-order chi connectivity index (χ0) is 24.5. The lowest BCUT2D eigenvalue weighted by Crippen LogP contribution is -2.47. The second kappa shape index (κ2) is 9.61. The second-order valence-electron chi connectivity index (χ2n) is 10.5. The molecule has 0 saturated carbocycles. The lowest BCUT2D eigenvalue weighted by atomic mass is 9.91. The highest BCUT2D eigenvalue weighted by atomic mass is 16.3. The van der Waals surface area contributed by atoms with Crippen molar-refractivity contribution in [3.05, 3.63) is 65.2 Å². The van der Waals surface area contributed by atoms with Crippen LogP contribution in [0.1, 0.15) is 79.9 Å². The number of amides is 2.